The van der Waals surface area contributed by atoms with Gasteiger partial charge in [0.05, 0.1) is 11.3 Å². The van der Waals surface area contributed by atoms with Crippen LogP contribution in [0.2, 0.25) is 0 Å². The zero-order chi connectivity index (χ0) is 14.3. The number of carbonyl (C=O) groups is 2. The van der Waals surface area contributed by atoms with Gasteiger partial charge in [-0.25, -0.2) is 8.78 Å². The summed E-state index contributed by atoms with van der Waals surface area (Å²) in [7, 11) is 0. The smallest absolute Gasteiger partial charge is 0.299 e. The van der Waals surface area contributed by atoms with E-state index in [-0.39, 0.29) is 12.2 Å². The predicted octanol–water partition coefficient (Wildman–Crippen LogP) is 2.80. The number of hydrogen-bond donors (Lipinski definition) is 0. The van der Waals surface area contributed by atoms with E-state index >= 15 is 0 Å². The second-order valence-corrected chi connectivity index (χ2v) is 5.20. The fraction of sp³-hybridized carbons (Fsp3) is 0.143. The van der Waals surface area contributed by atoms with Crippen LogP contribution in [0.1, 0.15) is 15.9 Å². The highest BCUT2D eigenvalue weighted by molar-refractivity contribution is 7.07. The predicted molar refractivity (Wildman–Crippen MR) is 71.1 cm³/mol. The number of fused-ring (bicyclic) bond motifs is 1. The fourth-order valence-electron chi connectivity index (χ4n) is 2.24. The summed E-state index contributed by atoms with van der Waals surface area (Å²) in [6, 6.07) is 3.68. The van der Waals surface area contributed by atoms with Crippen molar-refractivity contribution in [2.75, 3.05) is 11.4 Å². The van der Waals surface area contributed by atoms with Crippen molar-refractivity contribution in [2.45, 2.75) is 6.42 Å². The van der Waals surface area contributed by atoms with E-state index in [1.807, 2.05) is 16.8 Å². The SMILES string of the molecule is O=C1C(=O)N(CCc2ccsc2)c2c(F)ccc(F)c21. The number of benzene rings is 1. The average Bonchev–Trinajstić information content (AvgIpc) is 3.02. The number of ketones is 1. The van der Waals surface area contributed by atoms with Crippen molar-refractivity contribution in [3.05, 3.63) is 51.7 Å². The highest BCUT2D eigenvalue weighted by Crippen LogP contribution is 2.33. The molecule has 20 heavy (non-hydrogen) atoms. The fourth-order valence-corrected chi connectivity index (χ4v) is 2.94. The van der Waals surface area contributed by atoms with E-state index in [4.69, 9.17) is 0 Å². The van der Waals surface area contributed by atoms with E-state index < -0.39 is 28.9 Å². The summed E-state index contributed by atoms with van der Waals surface area (Å²) in [5.74, 6) is -3.48. The summed E-state index contributed by atoms with van der Waals surface area (Å²) >= 11 is 1.51. The molecule has 1 aromatic carbocycles. The van der Waals surface area contributed by atoms with Crippen LogP contribution >= 0.6 is 11.3 Å². The normalized spacial score (nSPS) is 14.0. The van der Waals surface area contributed by atoms with Crippen LogP contribution in [0.15, 0.2) is 29.0 Å². The van der Waals surface area contributed by atoms with Gasteiger partial charge in [0.15, 0.2) is 0 Å². The van der Waals surface area contributed by atoms with Crippen molar-refractivity contribution < 1.29 is 18.4 Å². The van der Waals surface area contributed by atoms with Crippen molar-refractivity contribution in [2.24, 2.45) is 0 Å². The monoisotopic (exact) mass is 293 g/mol. The second-order valence-electron chi connectivity index (χ2n) is 4.42. The third kappa shape index (κ3) is 1.92. The van der Waals surface area contributed by atoms with Crippen LogP contribution in [-0.2, 0) is 11.2 Å². The Kier molecular flexibility index (Phi) is 3.10. The molecular formula is C14H9F2NO2S. The van der Waals surface area contributed by atoms with Gasteiger partial charge >= 0.3 is 0 Å². The van der Waals surface area contributed by atoms with Gasteiger partial charge in [-0.3, -0.25) is 9.59 Å². The first kappa shape index (κ1) is 12.9. The molecule has 0 spiro atoms. The molecule has 3 nitrogen and oxygen atoms in total. The van der Waals surface area contributed by atoms with Gasteiger partial charge in [0.1, 0.15) is 11.6 Å². The first-order valence-corrected chi connectivity index (χ1v) is 6.89. The lowest BCUT2D eigenvalue weighted by atomic mass is 10.1. The van der Waals surface area contributed by atoms with Crippen LogP contribution in [0.3, 0.4) is 0 Å². The molecule has 0 bridgehead atoms. The summed E-state index contributed by atoms with van der Waals surface area (Å²) in [6.07, 6.45) is 0.484. The summed E-state index contributed by atoms with van der Waals surface area (Å²) in [5, 5.41) is 3.80. The molecule has 0 saturated carbocycles. The molecule has 0 N–H and O–H groups in total. The lowest BCUT2D eigenvalue weighted by Crippen LogP contribution is -2.32. The van der Waals surface area contributed by atoms with Crippen LogP contribution in [-0.4, -0.2) is 18.2 Å². The molecule has 1 aromatic heterocycles. The molecule has 102 valence electrons. The second kappa shape index (κ2) is 4.79. The molecule has 6 heteroatoms. The summed E-state index contributed by atoms with van der Waals surface area (Å²) in [5.41, 5.74) is 0.288. The Bertz CT molecular complexity index is 697. The number of thiophene rings is 1. The van der Waals surface area contributed by atoms with Crippen molar-refractivity contribution in [3.63, 3.8) is 0 Å². The zero-order valence-corrected chi connectivity index (χ0v) is 11.0. The first-order valence-electron chi connectivity index (χ1n) is 5.95. The van der Waals surface area contributed by atoms with Crippen LogP contribution in [0, 0.1) is 11.6 Å². The average molecular weight is 293 g/mol. The van der Waals surface area contributed by atoms with Crippen molar-refractivity contribution in [1.29, 1.82) is 0 Å². The number of carbonyl (C=O) groups excluding carboxylic acids is 2. The number of hydrogen-bond acceptors (Lipinski definition) is 3. The number of halogens is 2. The standard InChI is InChI=1S/C14H9F2NO2S/c15-9-1-2-10(16)12-11(9)13(18)14(19)17(12)5-3-8-4-6-20-7-8/h1-2,4,6-7H,3,5H2. The van der Waals surface area contributed by atoms with Gasteiger partial charge in [0.2, 0.25) is 0 Å². The lowest BCUT2D eigenvalue weighted by molar-refractivity contribution is -0.114. The summed E-state index contributed by atoms with van der Waals surface area (Å²) in [4.78, 5) is 24.6. The highest BCUT2D eigenvalue weighted by Gasteiger charge is 2.40. The van der Waals surface area contributed by atoms with Gasteiger partial charge in [-0.05, 0) is 40.9 Å². The van der Waals surface area contributed by atoms with Gasteiger partial charge in [-0.1, -0.05) is 0 Å². The van der Waals surface area contributed by atoms with Gasteiger partial charge in [-0.2, -0.15) is 11.3 Å². The Morgan fingerprint density at radius 3 is 2.55 bits per heavy atom. The molecule has 1 aliphatic heterocycles. The van der Waals surface area contributed by atoms with E-state index in [0.717, 1.165) is 22.6 Å². The Balaban J connectivity index is 1.96. The number of Topliss-reactive ketones (excluding diaryl/α,β-unsaturated/α-hetero) is 1. The quantitative estimate of drug-likeness (QED) is 0.816. The zero-order valence-electron chi connectivity index (χ0n) is 10.2. The van der Waals surface area contributed by atoms with Crippen LogP contribution in [0.4, 0.5) is 14.5 Å². The maximum atomic E-state index is 13.8. The number of anilines is 1. The van der Waals surface area contributed by atoms with Crippen molar-refractivity contribution in [3.8, 4) is 0 Å². The molecule has 0 atom stereocenters. The van der Waals surface area contributed by atoms with Gasteiger partial charge in [0.25, 0.3) is 11.7 Å². The summed E-state index contributed by atoms with van der Waals surface area (Å²) < 4.78 is 27.4. The molecule has 2 heterocycles. The molecule has 0 aliphatic carbocycles. The minimum atomic E-state index is -0.984. The molecule has 0 unspecified atom stereocenters. The van der Waals surface area contributed by atoms with Crippen LogP contribution in [0.5, 0.6) is 0 Å². The number of rotatable bonds is 3. The van der Waals surface area contributed by atoms with E-state index in [9.17, 15) is 18.4 Å². The largest absolute Gasteiger partial charge is 0.302 e. The van der Waals surface area contributed by atoms with Crippen molar-refractivity contribution in [1.82, 2.24) is 0 Å². The highest BCUT2D eigenvalue weighted by atomic mass is 32.1. The Morgan fingerprint density at radius 2 is 1.85 bits per heavy atom. The molecule has 1 amide bonds. The van der Waals surface area contributed by atoms with E-state index in [1.165, 1.54) is 11.3 Å². The molecule has 0 fully saturated rings. The van der Waals surface area contributed by atoms with Crippen LogP contribution in [0.25, 0.3) is 0 Å². The Labute approximate surface area is 117 Å². The molecule has 0 radical (unpaired) electrons. The van der Waals surface area contributed by atoms with Gasteiger partial charge < -0.3 is 4.90 Å². The molecular weight excluding hydrogens is 284 g/mol. The topological polar surface area (TPSA) is 37.4 Å². The van der Waals surface area contributed by atoms with E-state index in [2.05, 4.69) is 0 Å². The maximum Gasteiger partial charge on any atom is 0.299 e. The first-order chi connectivity index (χ1) is 9.59. The van der Waals surface area contributed by atoms with Crippen molar-refractivity contribution >= 4 is 28.7 Å². The molecule has 0 saturated heterocycles. The van der Waals surface area contributed by atoms with Crippen LogP contribution < -0.4 is 4.90 Å². The maximum absolute atomic E-state index is 13.8. The third-order valence-electron chi connectivity index (χ3n) is 3.22. The molecule has 1 aliphatic rings. The molecule has 2 aromatic rings. The third-order valence-corrected chi connectivity index (χ3v) is 3.95. The Morgan fingerprint density at radius 1 is 1.10 bits per heavy atom. The molecule has 3 rings (SSSR count). The van der Waals surface area contributed by atoms with Gasteiger partial charge in [0, 0.05) is 6.54 Å². The summed E-state index contributed by atoms with van der Waals surface area (Å²) in [6.45, 7) is 0.148. The van der Waals surface area contributed by atoms with E-state index in [0.29, 0.717) is 6.42 Å². The lowest BCUT2D eigenvalue weighted by Gasteiger charge is -2.16. The Hall–Kier alpha value is -2.08. The minimum Gasteiger partial charge on any atom is -0.302 e. The van der Waals surface area contributed by atoms with E-state index in [1.54, 1.807) is 0 Å². The number of nitrogens with zero attached hydrogens (tertiary/aromatic N) is 1. The minimum absolute atomic E-state index is 0.148. The van der Waals surface area contributed by atoms with Gasteiger partial charge in [-0.15, -0.1) is 0 Å². The number of amides is 1.